The lowest BCUT2D eigenvalue weighted by Gasteiger charge is -2.33. The van der Waals surface area contributed by atoms with Crippen LogP contribution in [0.5, 0.6) is 0 Å². The van der Waals surface area contributed by atoms with Gasteiger partial charge >= 0.3 is 0 Å². The number of carbonyl (C=O) groups is 1. The van der Waals surface area contributed by atoms with E-state index < -0.39 is 0 Å². The van der Waals surface area contributed by atoms with Gasteiger partial charge in [-0.2, -0.15) is 0 Å². The molecule has 2 aliphatic rings. The zero-order valence-electron chi connectivity index (χ0n) is 12.2. The highest BCUT2D eigenvalue weighted by atomic mass is 16.5. The second-order valence-corrected chi connectivity index (χ2v) is 5.61. The van der Waals surface area contributed by atoms with E-state index in [4.69, 9.17) is 4.74 Å². The van der Waals surface area contributed by atoms with Crippen molar-refractivity contribution in [1.29, 1.82) is 0 Å². The average Bonchev–Trinajstić information content (AvgIpc) is 2.93. The molecule has 2 atom stereocenters. The highest BCUT2D eigenvalue weighted by molar-refractivity contribution is 5.82. The lowest BCUT2D eigenvalue weighted by molar-refractivity contribution is -0.140. The number of β-amino-alcohol motifs (C(OH)–C–C–N with tert-alkyl or cyclic N) is 1. The Labute approximate surface area is 121 Å². The Balaban J connectivity index is 1.85. The first-order valence-corrected chi connectivity index (χ1v) is 7.62. The number of carbonyl (C=O) groups excluding carboxylic acids is 1. The van der Waals surface area contributed by atoms with Crippen molar-refractivity contribution in [3.05, 3.63) is 12.7 Å². The van der Waals surface area contributed by atoms with Crippen LogP contribution < -0.4 is 0 Å². The number of nitrogens with zero attached hydrogens (tertiary/aromatic N) is 2. The Bertz CT molecular complexity index is 329. The van der Waals surface area contributed by atoms with E-state index in [1.807, 2.05) is 11.0 Å². The third-order valence-corrected chi connectivity index (χ3v) is 4.12. The number of hydrogen-bond acceptors (Lipinski definition) is 4. The van der Waals surface area contributed by atoms with Gasteiger partial charge in [0.2, 0.25) is 5.91 Å². The van der Waals surface area contributed by atoms with Gasteiger partial charge in [0.15, 0.2) is 0 Å². The zero-order chi connectivity index (χ0) is 14.4. The Morgan fingerprint density at radius 2 is 2.15 bits per heavy atom. The number of aliphatic hydroxyl groups excluding tert-OH is 1. The van der Waals surface area contributed by atoms with Crippen LogP contribution in [0.25, 0.3) is 0 Å². The van der Waals surface area contributed by atoms with Gasteiger partial charge in [-0.25, -0.2) is 0 Å². The quantitative estimate of drug-likeness (QED) is 0.726. The predicted molar refractivity (Wildman–Crippen MR) is 77.4 cm³/mol. The normalized spacial score (nSPS) is 25.6. The van der Waals surface area contributed by atoms with Gasteiger partial charge in [0, 0.05) is 19.6 Å². The highest BCUT2D eigenvalue weighted by Crippen LogP contribution is 2.20. The molecule has 2 heterocycles. The molecular weight excluding hydrogens is 256 g/mol. The predicted octanol–water partition coefficient (Wildman–Crippen LogP) is 0.637. The molecule has 0 aliphatic carbocycles. The molecule has 0 unspecified atom stereocenters. The number of likely N-dealkylation sites (tertiary alicyclic amines) is 1. The number of morpholine rings is 1. The largest absolute Gasteiger partial charge is 0.392 e. The van der Waals surface area contributed by atoms with Gasteiger partial charge in [0.1, 0.15) is 0 Å². The minimum atomic E-state index is -0.369. The fourth-order valence-electron chi connectivity index (χ4n) is 2.99. The second-order valence-electron chi connectivity index (χ2n) is 5.61. The van der Waals surface area contributed by atoms with Gasteiger partial charge in [-0.05, 0) is 32.2 Å². The van der Waals surface area contributed by atoms with Crippen molar-refractivity contribution in [2.24, 2.45) is 0 Å². The molecule has 2 saturated heterocycles. The Kier molecular flexibility index (Phi) is 6.01. The van der Waals surface area contributed by atoms with Crippen LogP contribution in [0.15, 0.2) is 12.7 Å². The molecule has 20 heavy (non-hydrogen) atoms. The van der Waals surface area contributed by atoms with E-state index in [1.165, 1.54) is 0 Å². The van der Waals surface area contributed by atoms with Gasteiger partial charge in [-0.3, -0.25) is 9.69 Å². The summed E-state index contributed by atoms with van der Waals surface area (Å²) in [5.74, 6) is 0.210. The van der Waals surface area contributed by atoms with Crippen LogP contribution in [-0.2, 0) is 9.53 Å². The first-order valence-electron chi connectivity index (χ1n) is 7.62. The van der Waals surface area contributed by atoms with Crippen LogP contribution in [0.4, 0.5) is 0 Å². The van der Waals surface area contributed by atoms with Crippen molar-refractivity contribution < 1.29 is 14.6 Å². The molecule has 0 bridgehead atoms. The van der Waals surface area contributed by atoms with Crippen molar-refractivity contribution in [2.75, 3.05) is 39.4 Å². The molecule has 0 aromatic heterocycles. The smallest absolute Gasteiger partial charge is 0.240 e. The van der Waals surface area contributed by atoms with Crippen LogP contribution in [0.3, 0.4) is 0 Å². The number of amides is 1. The number of rotatable bonds is 6. The summed E-state index contributed by atoms with van der Waals surface area (Å²) in [6.45, 7) is 7.84. The standard InChI is InChI=1S/C15H26N2O3/c1-2-3-5-13(18)12-17-7-4-6-14(17)15(19)16-8-10-20-11-9-16/h2,13-14,18H,1,3-12H2/t13-,14-/m0/s1. The van der Waals surface area contributed by atoms with E-state index in [9.17, 15) is 9.90 Å². The maximum Gasteiger partial charge on any atom is 0.240 e. The molecule has 0 saturated carbocycles. The van der Waals surface area contributed by atoms with E-state index in [-0.39, 0.29) is 18.1 Å². The molecule has 2 fully saturated rings. The van der Waals surface area contributed by atoms with E-state index in [2.05, 4.69) is 11.5 Å². The Morgan fingerprint density at radius 3 is 2.85 bits per heavy atom. The average molecular weight is 282 g/mol. The van der Waals surface area contributed by atoms with Crippen molar-refractivity contribution >= 4 is 5.91 Å². The lowest BCUT2D eigenvalue weighted by Crippen LogP contribution is -2.50. The summed E-state index contributed by atoms with van der Waals surface area (Å²) in [6.07, 6.45) is 4.93. The summed E-state index contributed by atoms with van der Waals surface area (Å²) >= 11 is 0. The lowest BCUT2D eigenvalue weighted by atomic mass is 10.1. The van der Waals surface area contributed by atoms with Crippen LogP contribution in [0.2, 0.25) is 0 Å². The van der Waals surface area contributed by atoms with Crippen LogP contribution in [0, 0.1) is 0 Å². The minimum absolute atomic E-state index is 0.0496. The number of ether oxygens (including phenoxy) is 1. The second kappa shape index (κ2) is 7.76. The maximum atomic E-state index is 12.5. The summed E-state index contributed by atoms with van der Waals surface area (Å²) in [4.78, 5) is 16.6. The topological polar surface area (TPSA) is 53.0 Å². The zero-order valence-corrected chi connectivity index (χ0v) is 12.2. The van der Waals surface area contributed by atoms with Gasteiger partial charge in [0.05, 0.1) is 25.4 Å². The molecule has 0 radical (unpaired) electrons. The Morgan fingerprint density at radius 1 is 1.40 bits per heavy atom. The molecule has 2 aliphatic heterocycles. The number of aliphatic hydroxyl groups is 1. The third kappa shape index (κ3) is 4.04. The number of allylic oxidation sites excluding steroid dienone is 1. The summed E-state index contributed by atoms with van der Waals surface area (Å²) in [5.41, 5.74) is 0. The minimum Gasteiger partial charge on any atom is -0.392 e. The van der Waals surface area contributed by atoms with Crippen molar-refractivity contribution in [3.63, 3.8) is 0 Å². The maximum absolute atomic E-state index is 12.5. The van der Waals surface area contributed by atoms with E-state index in [0.29, 0.717) is 32.8 Å². The molecule has 2 rings (SSSR count). The summed E-state index contributed by atoms with van der Waals surface area (Å²) in [6, 6.07) is -0.0496. The van der Waals surface area contributed by atoms with E-state index >= 15 is 0 Å². The summed E-state index contributed by atoms with van der Waals surface area (Å²) < 4.78 is 5.29. The van der Waals surface area contributed by atoms with Crippen molar-refractivity contribution in [1.82, 2.24) is 9.80 Å². The first kappa shape index (κ1) is 15.5. The first-order chi connectivity index (χ1) is 9.72. The van der Waals surface area contributed by atoms with Crippen molar-refractivity contribution in [2.45, 2.75) is 37.8 Å². The molecule has 5 nitrogen and oxygen atoms in total. The molecule has 5 heteroatoms. The molecule has 1 amide bonds. The fourth-order valence-corrected chi connectivity index (χ4v) is 2.99. The van der Waals surface area contributed by atoms with Crippen LogP contribution >= 0.6 is 0 Å². The Hall–Kier alpha value is -0.910. The molecular formula is C15H26N2O3. The van der Waals surface area contributed by atoms with Crippen LogP contribution in [0.1, 0.15) is 25.7 Å². The van der Waals surface area contributed by atoms with Gasteiger partial charge < -0.3 is 14.7 Å². The SMILES string of the molecule is C=CCC[C@H](O)CN1CCC[C@H]1C(=O)N1CCOCC1. The number of hydrogen-bond donors (Lipinski definition) is 1. The van der Waals surface area contributed by atoms with E-state index in [0.717, 1.165) is 32.2 Å². The summed E-state index contributed by atoms with van der Waals surface area (Å²) in [7, 11) is 0. The fraction of sp³-hybridized carbons (Fsp3) is 0.800. The monoisotopic (exact) mass is 282 g/mol. The van der Waals surface area contributed by atoms with Gasteiger partial charge in [-0.1, -0.05) is 6.08 Å². The van der Waals surface area contributed by atoms with Crippen molar-refractivity contribution in [3.8, 4) is 0 Å². The molecule has 0 spiro atoms. The third-order valence-electron chi connectivity index (χ3n) is 4.12. The summed E-state index contributed by atoms with van der Waals surface area (Å²) in [5, 5.41) is 10.0. The molecule has 0 aromatic rings. The molecule has 1 N–H and O–H groups in total. The molecule has 114 valence electrons. The highest BCUT2D eigenvalue weighted by Gasteiger charge is 2.34. The van der Waals surface area contributed by atoms with E-state index in [1.54, 1.807) is 0 Å². The van der Waals surface area contributed by atoms with Gasteiger partial charge in [0.25, 0.3) is 0 Å². The van der Waals surface area contributed by atoms with Gasteiger partial charge in [-0.15, -0.1) is 6.58 Å². The van der Waals surface area contributed by atoms with Crippen LogP contribution in [-0.4, -0.2) is 72.4 Å². The molecule has 0 aromatic carbocycles.